The highest BCUT2D eigenvalue weighted by atomic mass is 16.5. The fourth-order valence-electron chi connectivity index (χ4n) is 2.26. The molecule has 5 nitrogen and oxygen atoms in total. The normalized spacial score (nSPS) is 16.2. The summed E-state index contributed by atoms with van der Waals surface area (Å²) in [4.78, 5) is 21.2. The summed E-state index contributed by atoms with van der Waals surface area (Å²) in [5.41, 5.74) is 1.72. The van der Waals surface area contributed by atoms with E-state index in [1.54, 1.807) is 6.92 Å². The van der Waals surface area contributed by atoms with Gasteiger partial charge in [0.2, 0.25) is 0 Å². The Kier molecular flexibility index (Phi) is 2.76. The predicted octanol–water partition coefficient (Wildman–Crippen LogP) is 1.07. The Labute approximate surface area is 104 Å². The van der Waals surface area contributed by atoms with E-state index in [0.29, 0.717) is 11.2 Å². The molecule has 0 atom stereocenters. The number of H-pyrrole nitrogens is 1. The van der Waals surface area contributed by atoms with Gasteiger partial charge in [-0.2, -0.15) is 0 Å². The molecule has 1 aromatic heterocycles. The minimum atomic E-state index is -0.0763. The van der Waals surface area contributed by atoms with Crippen molar-refractivity contribution in [3.05, 3.63) is 34.4 Å². The van der Waals surface area contributed by atoms with Gasteiger partial charge in [0.15, 0.2) is 0 Å². The van der Waals surface area contributed by atoms with Crippen LogP contribution in [0.3, 0.4) is 0 Å². The van der Waals surface area contributed by atoms with Gasteiger partial charge in [-0.25, -0.2) is 4.98 Å². The summed E-state index contributed by atoms with van der Waals surface area (Å²) < 4.78 is 5.33. The summed E-state index contributed by atoms with van der Waals surface area (Å²) in [5.74, 6) is 0.645. The second-order valence-corrected chi connectivity index (χ2v) is 4.45. The standard InChI is InChI=1S/C13H15N3O2/c1-9-14-12-3-2-10(8-11(12)13(17)15-9)16-4-6-18-7-5-16/h2-3,8H,4-7H2,1H3,(H,14,15,17). The first-order chi connectivity index (χ1) is 8.74. The van der Waals surface area contributed by atoms with E-state index in [1.807, 2.05) is 18.2 Å². The lowest BCUT2D eigenvalue weighted by atomic mass is 10.2. The van der Waals surface area contributed by atoms with Gasteiger partial charge in [-0.1, -0.05) is 0 Å². The number of hydrogen-bond acceptors (Lipinski definition) is 4. The van der Waals surface area contributed by atoms with E-state index in [-0.39, 0.29) is 5.56 Å². The first-order valence-electron chi connectivity index (χ1n) is 6.07. The third kappa shape index (κ3) is 1.97. The zero-order valence-corrected chi connectivity index (χ0v) is 10.3. The van der Waals surface area contributed by atoms with Gasteiger partial charge >= 0.3 is 0 Å². The molecule has 0 spiro atoms. The van der Waals surface area contributed by atoms with Crippen molar-refractivity contribution in [2.24, 2.45) is 0 Å². The maximum Gasteiger partial charge on any atom is 0.258 e. The lowest BCUT2D eigenvalue weighted by Gasteiger charge is -2.28. The molecule has 0 amide bonds. The molecule has 0 bridgehead atoms. The largest absolute Gasteiger partial charge is 0.378 e. The summed E-state index contributed by atoms with van der Waals surface area (Å²) in [5, 5.41) is 0.643. The molecular weight excluding hydrogens is 230 g/mol. The number of morpholine rings is 1. The monoisotopic (exact) mass is 245 g/mol. The average Bonchev–Trinajstić information content (AvgIpc) is 2.39. The van der Waals surface area contributed by atoms with Crippen LogP contribution in [0, 0.1) is 6.92 Å². The quantitative estimate of drug-likeness (QED) is 0.816. The first kappa shape index (κ1) is 11.2. The summed E-state index contributed by atoms with van der Waals surface area (Å²) in [6.07, 6.45) is 0. The minimum absolute atomic E-state index is 0.0763. The summed E-state index contributed by atoms with van der Waals surface area (Å²) in [6, 6.07) is 5.83. The number of fused-ring (bicyclic) bond motifs is 1. The SMILES string of the molecule is Cc1nc2ccc(N3CCOCC3)cc2c(=O)[nH]1. The molecule has 1 fully saturated rings. The summed E-state index contributed by atoms with van der Waals surface area (Å²) >= 11 is 0. The molecule has 1 aliphatic rings. The molecule has 0 aliphatic carbocycles. The number of aromatic amines is 1. The number of rotatable bonds is 1. The van der Waals surface area contributed by atoms with Crippen LogP contribution in [-0.4, -0.2) is 36.3 Å². The summed E-state index contributed by atoms with van der Waals surface area (Å²) in [7, 11) is 0. The Hall–Kier alpha value is -1.88. The van der Waals surface area contributed by atoms with Crippen LogP contribution in [0.4, 0.5) is 5.69 Å². The number of nitrogens with one attached hydrogen (secondary N) is 1. The molecule has 0 radical (unpaired) electrons. The zero-order valence-electron chi connectivity index (χ0n) is 10.3. The second kappa shape index (κ2) is 4.42. The number of ether oxygens (including phenoxy) is 1. The van der Waals surface area contributed by atoms with Gasteiger partial charge in [-0.3, -0.25) is 4.79 Å². The van der Waals surface area contributed by atoms with Crippen LogP contribution in [0.2, 0.25) is 0 Å². The van der Waals surface area contributed by atoms with Gasteiger partial charge in [-0.15, -0.1) is 0 Å². The third-order valence-corrected chi connectivity index (χ3v) is 3.18. The van der Waals surface area contributed by atoms with Crippen LogP contribution >= 0.6 is 0 Å². The molecule has 1 aromatic carbocycles. The van der Waals surface area contributed by atoms with Crippen molar-refractivity contribution in [2.75, 3.05) is 31.2 Å². The molecule has 0 saturated carbocycles. The highest BCUT2D eigenvalue weighted by Crippen LogP contribution is 2.19. The minimum Gasteiger partial charge on any atom is -0.378 e. The average molecular weight is 245 g/mol. The molecule has 2 aromatic rings. The molecule has 3 rings (SSSR count). The number of benzene rings is 1. The number of nitrogens with zero attached hydrogens (tertiary/aromatic N) is 2. The number of aryl methyl sites for hydroxylation is 1. The van der Waals surface area contributed by atoms with Crippen molar-refractivity contribution in [3.63, 3.8) is 0 Å². The highest BCUT2D eigenvalue weighted by Gasteiger charge is 2.12. The van der Waals surface area contributed by atoms with E-state index < -0.39 is 0 Å². The van der Waals surface area contributed by atoms with Gasteiger partial charge in [-0.05, 0) is 25.1 Å². The van der Waals surface area contributed by atoms with Crippen LogP contribution in [-0.2, 0) is 4.74 Å². The molecule has 1 N–H and O–H groups in total. The Morgan fingerprint density at radius 1 is 1.33 bits per heavy atom. The Bertz CT molecular complexity index is 630. The van der Waals surface area contributed by atoms with Crippen molar-refractivity contribution in [1.82, 2.24) is 9.97 Å². The highest BCUT2D eigenvalue weighted by molar-refractivity contribution is 5.81. The zero-order chi connectivity index (χ0) is 12.5. The Morgan fingerprint density at radius 2 is 2.11 bits per heavy atom. The lowest BCUT2D eigenvalue weighted by molar-refractivity contribution is 0.122. The van der Waals surface area contributed by atoms with Crippen molar-refractivity contribution >= 4 is 16.6 Å². The van der Waals surface area contributed by atoms with Crippen LogP contribution in [0.15, 0.2) is 23.0 Å². The maximum absolute atomic E-state index is 11.9. The van der Waals surface area contributed by atoms with Gasteiger partial charge in [0.05, 0.1) is 24.1 Å². The van der Waals surface area contributed by atoms with Crippen LogP contribution in [0.5, 0.6) is 0 Å². The van der Waals surface area contributed by atoms with Gasteiger partial charge < -0.3 is 14.6 Å². The smallest absolute Gasteiger partial charge is 0.258 e. The van der Waals surface area contributed by atoms with Gasteiger partial charge in [0, 0.05) is 18.8 Å². The van der Waals surface area contributed by atoms with Crippen LogP contribution < -0.4 is 10.5 Å². The van der Waals surface area contributed by atoms with Crippen molar-refractivity contribution in [2.45, 2.75) is 6.92 Å². The molecule has 94 valence electrons. The van der Waals surface area contributed by atoms with Gasteiger partial charge in [0.25, 0.3) is 5.56 Å². The van der Waals surface area contributed by atoms with Crippen molar-refractivity contribution in [1.29, 1.82) is 0 Å². The van der Waals surface area contributed by atoms with Crippen molar-refractivity contribution in [3.8, 4) is 0 Å². The predicted molar refractivity (Wildman–Crippen MR) is 70.1 cm³/mol. The van der Waals surface area contributed by atoms with E-state index in [4.69, 9.17) is 4.74 Å². The molecule has 2 heterocycles. The van der Waals surface area contributed by atoms with E-state index in [9.17, 15) is 4.79 Å². The lowest BCUT2D eigenvalue weighted by Crippen LogP contribution is -2.36. The Balaban J connectivity index is 2.07. The molecule has 1 aliphatic heterocycles. The Morgan fingerprint density at radius 3 is 2.89 bits per heavy atom. The third-order valence-electron chi connectivity index (χ3n) is 3.18. The van der Waals surface area contributed by atoms with Crippen LogP contribution in [0.1, 0.15) is 5.82 Å². The molecular formula is C13H15N3O2. The molecule has 18 heavy (non-hydrogen) atoms. The van der Waals surface area contributed by atoms with Crippen LogP contribution in [0.25, 0.3) is 10.9 Å². The summed E-state index contributed by atoms with van der Waals surface area (Å²) in [6.45, 7) is 4.99. The topological polar surface area (TPSA) is 58.2 Å². The molecule has 5 heteroatoms. The first-order valence-corrected chi connectivity index (χ1v) is 6.07. The van der Waals surface area contributed by atoms with E-state index in [2.05, 4.69) is 14.9 Å². The van der Waals surface area contributed by atoms with E-state index >= 15 is 0 Å². The van der Waals surface area contributed by atoms with E-state index in [0.717, 1.165) is 37.5 Å². The maximum atomic E-state index is 11.9. The fourth-order valence-corrected chi connectivity index (χ4v) is 2.26. The van der Waals surface area contributed by atoms with E-state index in [1.165, 1.54) is 0 Å². The second-order valence-electron chi connectivity index (χ2n) is 4.45. The fraction of sp³-hybridized carbons (Fsp3) is 0.385. The molecule has 1 saturated heterocycles. The number of anilines is 1. The molecule has 0 unspecified atom stereocenters. The van der Waals surface area contributed by atoms with Crippen molar-refractivity contribution < 1.29 is 4.74 Å². The number of hydrogen-bond donors (Lipinski definition) is 1. The number of aromatic nitrogens is 2. The van der Waals surface area contributed by atoms with Gasteiger partial charge in [0.1, 0.15) is 5.82 Å².